The first-order valence-corrected chi connectivity index (χ1v) is 10.0. The van der Waals surface area contributed by atoms with Gasteiger partial charge >= 0.3 is 0 Å². The van der Waals surface area contributed by atoms with Gasteiger partial charge in [-0.2, -0.15) is 0 Å². The zero-order valence-electron chi connectivity index (χ0n) is 18.9. The van der Waals surface area contributed by atoms with Gasteiger partial charge in [0, 0.05) is 24.6 Å². The third-order valence-electron chi connectivity index (χ3n) is 4.22. The number of aliphatic imine (C=N–C) groups is 1. The lowest BCUT2D eigenvalue weighted by atomic mass is 9.94. The summed E-state index contributed by atoms with van der Waals surface area (Å²) in [6.45, 7) is 13.2. The van der Waals surface area contributed by atoms with Crippen LogP contribution in [0.25, 0.3) is 0 Å². The van der Waals surface area contributed by atoms with Crippen molar-refractivity contribution in [1.82, 2.24) is 15.6 Å². The molecule has 0 aliphatic carbocycles. The summed E-state index contributed by atoms with van der Waals surface area (Å²) in [4.78, 5) is 9.04. The molecule has 0 unspecified atom stereocenters. The van der Waals surface area contributed by atoms with E-state index in [1.165, 1.54) is 0 Å². The number of nitrogens with zero attached hydrogens (tertiary/aromatic N) is 2. The fourth-order valence-electron chi connectivity index (χ4n) is 2.57. The van der Waals surface area contributed by atoms with Crippen LogP contribution in [0.1, 0.15) is 50.5 Å². The van der Waals surface area contributed by atoms with Gasteiger partial charge in [-0.1, -0.05) is 32.9 Å². The lowest BCUT2D eigenvalue weighted by Crippen LogP contribution is -2.36. The van der Waals surface area contributed by atoms with Crippen LogP contribution in [0.4, 0.5) is 0 Å². The van der Waals surface area contributed by atoms with Crippen LogP contribution < -0.4 is 15.4 Å². The second-order valence-electron chi connectivity index (χ2n) is 7.87. The number of halogens is 1. The van der Waals surface area contributed by atoms with Gasteiger partial charge in [0.25, 0.3) is 0 Å². The number of benzene rings is 1. The summed E-state index contributed by atoms with van der Waals surface area (Å²) in [5.41, 5.74) is 2.11. The molecule has 0 amide bonds. The monoisotopic (exact) mass is 530 g/mol. The third kappa shape index (κ3) is 8.51. The molecule has 8 heteroatoms. The Balaban J connectivity index is 0.00000450. The molecule has 7 nitrogen and oxygen atoms in total. The minimum absolute atomic E-state index is 0. The average Bonchev–Trinajstić information content (AvgIpc) is 3.15. The van der Waals surface area contributed by atoms with E-state index in [0.717, 1.165) is 29.2 Å². The molecule has 2 N–H and O–H groups in total. The minimum Gasteiger partial charge on any atom is -0.491 e. The molecule has 168 valence electrons. The molecule has 30 heavy (non-hydrogen) atoms. The van der Waals surface area contributed by atoms with Gasteiger partial charge in [0.15, 0.2) is 5.96 Å². The highest BCUT2D eigenvalue weighted by atomic mass is 127. The fourth-order valence-corrected chi connectivity index (χ4v) is 2.57. The average molecular weight is 530 g/mol. The highest BCUT2D eigenvalue weighted by Gasteiger charge is 2.19. The van der Waals surface area contributed by atoms with E-state index in [2.05, 4.69) is 47.4 Å². The Hall–Kier alpha value is -1.81. The normalized spacial score (nSPS) is 11.7. The topological polar surface area (TPSA) is 80.9 Å². The van der Waals surface area contributed by atoms with Crippen molar-refractivity contribution in [2.45, 2.75) is 53.1 Å². The molecular formula is C22H35IN4O3. The SMILES string of the molecule is CCNC(=NCc1ccc(C)cc1OCCOC)NCc1ncc(C(C)(C)C)o1.I. The zero-order chi connectivity index (χ0) is 21.3. The summed E-state index contributed by atoms with van der Waals surface area (Å²) in [6, 6.07) is 6.14. The number of aryl methyl sites for hydroxylation is 1. The van der Waals surface area contributed by atoms with E-state index in [-0.39, 0.29) is 29.4 Å². The van der Waals surface area contributed by atoms with Gasteiger partial charge in [-0.15, -0.1) is 24.0 Å². The molecule has 2 aromatic rings. The van der Waals surface area contributed by atoms with Gasteiger partial charge in [0.1, 0.15) is 18.1 Å². The van der Waals surface area contributed by atoms with Gasteiger partial charge in [0.05, 0.1) is 25.9 Å². The summed E-state index contributed by atoms with van der Waals surface area (Å²) in [6.07, 6.45) is 1.79. The maximum absolute atomic E-state index is 5.85. The van der Waals surface area contributed by atoms with E-state index < -0.39 is 0 Å². The van der Waals surface area contributed by atoms with Gasteiger partial charge in [-0.25, -0.2) is 9.98 Å². The zero-order valence-corrected chi connectivity index (χ0v) is 21.2. The quantitative estimate of drug-likeness (QED) is 0.219. The lowest BCUT2D eigenvalue weighted by molar-refractivity contribution is 0.145. The number of methoxy groups -OCH3 is 1. The largest absolute Gasteiger partial charge is 0.491 e. The van der Waals surface area contributed by atoms with Crippen molar-refractivity contribution in [2.24, 2.45) is 4.99 Å². The number of aromatic nitrogens is 1. The van der Waals surface area contributed by atoms with Crippen LogP contribution in [0.5, 0.6) is 5.75 Å². The predicted octanol–water partition coefficient (Wildman–Crippen LogP) is 4.18. The van der Waals surface area contributed by atoms with Gasteiger partial charge in [0.2, 0.25) is 5.89 Å². The highest BCUT2D eigenvalue weighted by molar-refractivity contribution is 14.0. The minimum atomic E-state index is -0.0610. The first-order valence-electron chi connectivity index (χ1n) is 10.0. The molecule has 0 saturated carbocycles. The van der Waals surface area contributed by atoms with Gasteiger partial charge in [-0.3, -0.25) is 0 Å². The van der Waals surface area contributed by atoms with Crippen LogP contribution in [-0.2, 0) is 23.2 Å². The van der Waals surface area contributed by atoms with Gasteiger partial charge < -0.3 is 24.5 Å². The Bertz CT molecular complexity index is 800. The molecule has 0 saturated heterocycles. The molecular weight excluding hydrogens is 495 g/mol. The molecule has 0 aliphatic rings. The number of rotatable bonds is 9. The molecule has 0 atom stereocenters. The molecule has 0 spiro atoms. The van der Waals surface area contributed by atoms with Crippen molar-refractivity contribution >= 4 is 29.9 Å². The van der Waals surface area contributed by atoms with Crippen LogP contribution in [0.2, 0.25) is 0 Å². The van der Waals surface area contributed by atoms with E-state index in [1.54, 1.807) is 13.3 Å². The number of ether oxygens (including phenoxy) is 2. The van der Waals surface area contributed by atoms with E-state index in [1.807, 2.05) is 26.0 Å². The van der Waals surface area contributed by atoms with Gasteiger partial charge in [-0.05, 0) is 25.5 Å². The van der Waals surface area contributed by atoms with Crippen LogP contribution in [0.3, 0.4) is 0 Å². The second-order valence-corrected chi connectivity index (χ2v) is 7.87. The molecule has 1 aromatic heterocycles. The Kier molecular flexibility index (Phi) is 11.2. The first kappa shape index (κ1) is 26.2. The summed E-state index contributed by atoms with van der Waals surface area (Å²) in [5.74, 6) is 3.05. The Labute approximate surface area is 197 Å². The smallest absolute Gasteiger partial charge is 0.213 e. The second kappa shape index (κ2) is 12.8. The number of guanidine groups is 1. The van der Waals surface area contributed by atoms with E-state index in [0.29, 0.717) is 38.2 Å². The van der Waals surface area contributed by atoms with Crippen molar-refractivity contribution in [3.63, 3.8) is 0 Å². The Morgan fingerprint density at radius 1 is 1.20 bits per heavy atom. The van der Waals surface area contributed by atoms with Crippen LogP contribution in [0.15, 0.2) is 33.8 Å². The van der Waals surface area contributed by atoms with Crippen LogP contribution >= 0.6 is 24.0 Å². The predicted molar refractivity (Wildman–Crippen MR) is 131 cm³/mol. The standard InChI is InChI=1S/C22H34N4O3.HI/c1-7-23-21(26-15-20-24-14-19(29-20)22(3,4)5)25-13-17-9-8-16(2)12-18(17)28-11-10-27-6;/h8-9,12,14H,7,10-11,13,15H2,1-6H3,(H2,23,25,26);1H. The van der Waals surface area contributed by atoms with Crippen LogP contribution in [0, 0.1) is 6.92 Å². The molecule has 2 rings (SSSR count). The maximum Gasteiger partial charge on any atom is 0.213 e. The van der Waals surface area contributed by atoms with E-state index >= 15 is 0 Å². The fraction of sp³-hybridized carbons (Fsp3) is 0.545. The number of oxazole rings is 1. The molecule has 0 bridgehead atoms. The van der Waals surface area contributed by atoms with E-state index in [4.69, 9.17) is 13.9 Å². The van der Waals surface area contributed by atoms with Crippen molar-refractivity contribution in [1.29, 1.82) is 0 Å². The third-order valence-corrected chi connectivity index (χ3v) is 4.22. The molecule has 0 radical (unpaired) electrons. The summed E-state index contributed by atoms with van der Waals surface area (Å²) in [5, 5.41) is 6.53. The molecule has 1 aromatic carbocycles. The maximum atomic E-state index is 5.85. The molecule has 1 heterocycles. The Morgan fingerprint density at radius 3 is 2.60 bits per heavy atom. The summed E-state index contributed by atoms with van der Waals surface area (Å²) >= 11 is 0. The Morgan fingerprint density at radius 2 is 1.97 bits per heavy atom. The van der Waals surface area contributed by atoms with Crippen molar-refractivity contribution in [3.8, 4) is 5.75 Å². The molecule has 0 aliphatic heterocycles. The highest BCUT2D eigenvalue weighted by Crippen LogP contribution is 2.23. The van der Waals surface area contributed by atoms with Crippen molar-refractivity contribution in [2.75, 3.05) is 26.9 Å². The lowest BCUT2D eigenvalue weighted by Gasteiger charge is -2.14. The number of hydrogen-bond donors (Lipinski definition) is 2. The van der Waals surface area contributed by atoms with Crippen molar-refractivity contribution < 1.29 is 13.9 Å². The number of nitrogens with one attached hydrogen (secondary N) is 2. The first-order chi connectivity index (χ1) is 13.8. The van der Waals surface area contributed by atoms with Crippen LogP contribution in [-0.4, -0.2) is 37.8 Å². The summed E-state index contributed by atoms with van der Waals surface area (Å²) in [7, 11) is 1.66. The summed E-state index contributed by atoms with van der Waals surface area (Å²) < 4.78 is 16.8. The van der Waals surface area contributed by atoms with E-state index in [9.17, 15) is 0 Å². The van der Waals surface area contributed by atoms with Crippen molar-refractivity contribution in [3.05, 3.63) is 47.2 Å². The molecule has 0 fully saturated rings. The number of hydrogen-bond acceptors (Lipinski definition) is 5.